The maximum absolute atomic E-state index is 12.1. The summed E-state index contributed by atoms with van der Waals surface area (Å²) >= 11 is 0. The van der Waals surface area contributed by atoms with E-state index in [1.165, 1.54) is 0 Å². The Labute approximate surface area is 96.2 Å². The van der Waals surface area contributed by atoms with Crippen LogP contribution in [0.25, 0.3) is 0 Å². The molecule has 16 heavy (non-hydrogen) atoms. The van der Waals surface area contributed by atoms with Crippen molar-refractivity contribution in [1.82, 2.24) is 0 Å². The minimum Gasteiger partial charge on any atom is -0.340 e. The molecule has 1 saturated carbocycles. The molecule has 1 unspecified atom stereocenters. The highest BCUT2D eigenvalue weighted by Crippen LogP contribution is 2.66. The molecule has 1 atom stereocenters. The van der Waals surface area contributed by atoms with Crippen LogP contribution in [0.3, 0.4) is 0 Å². The van der Waals surface area contributed by atoms with Crippen LogP contribution in [0.5, 0.6) is 0 Å². The molecule has 2 rings (SSSR count). The lowest BCUT2D eigenvalue weighted by molar-refractivity contribution is 0.481. The number of benzene rings is 1. The van der Waals surface area contributed by atoms with E-state index < -0.39 is 12.5 Å². The molecule has 1 N–H and O–H groups in total. The van der Waals surface area contributed by atoms with Gasteiger partial charge in [0.15, 0.2) is 0 Å². The van der Waals surface area contributed by atoms with Gasteiger partial charge in [-0.25, -0.2) is 0 Å². The van der Waals surface area contributed by atoms with Gasteiger partial charge in [-0.2, -0.15) is 5.26 Å². The first-order valence-electron chi connectivity index (χ1n) is 5.42. The Kier molecular flexibility index (Phi) is 3.91. The first-order chi connectivity index (χ1) is 7.62. The van der Waals surface area contributed by atoms with Crippen molar-refractivity contribution in [3.63, 3.8) is 0 Å². The zero-order valence-electron chi connectivity index (χ0n) is 9.55. The van der Waals surface area contributed by atoms with Crippen LogP contribution in [0.1, 0.15) is 26.7 Å². The SMILES string of the molecule is CC.N#CC1(P(=O)(O)c2ccccc2)CC1. The summed E-state index contributed by atoms with van der Waals surface area (Å²) < 4.78 is 12.1. The van der Waals surface area contributed by atoms with Crippen LogP contribution < -0.4 is 5.30 Å². The van der Waals surface area contributed by atoms with E-state index in [2.05, 4.69) is 0 Å². The van der Waals surface area contributed by atoms with E-state index in [4.69, 9.17) is 5.26 Å². The molecule has 0 saturated heterocycles. The molecule has 0 bridgehead atoms. The molecule has 0 spiro atoms. The number of nitriles is 1. The Bertz CT molecular complexity index is 432. The largest absolute Gasteiger partial charge is 0.340 e. The standard InChI is InChI=1S/C10H10NO2P.C2H6/c11-8-10(6-7-10)14(12,13)9-4-2-1-3-5-9;1-2/h1-5H,6-7H2,(H,12,13);1-2H3. The van der Waals surface area contributed by atoms with Gasteiger partial charge in [0.05, 0.1) is 6.07 Å². The monoisotopic (exact) mass is 237 g/mol. The quantitative estimate of drug-likeness (QED) is 0.804. The third-order valence-electron chi connectivity index (χ3n) is 2.62. The molecular formula is C12H16NO2P. The Balaban J connectivity index is 0.000000606. The van der Waals surface area contributed by atoms with Crippen LogP contribution in [0.15, 0.2) is 30.3 Å². The van der Waals surface area contributed by atoms with E-state index in [1.54, 1.807) is 30.3 Å². The molecule has 0 aliphatic heterocycles. The van der Waals surface area contributed by atoms with Crippen LogP contribution in [0, 0.1) is 11.3 Å². The highest BCUT2D eigenvalue weighted by Gasteiger charge is 2.58. The summed E-state index contributed by atoms with van der Waals surface area (Å²) in [5, 5.41) is 8.27. The zero-order valence-corrected chi connectivity index (χ0v) is 10.4. The predicted octanol–water partition coefficient (Wildman–Crippen LogP) is 2.66. The lowest BCUT2D eigenvalue weighted by Crippen LogP contribution is -2.16. The molecule has 1 aromatic carbocycles. The topological polar surface area (TPSA) is 61.1 Å². The van der Waals surface area contributed by atoms with Crippen LogP contribution in [-0.2, 0) is 4.57 Å². The van der Waals surface area contributed by atoms with E-state index in [0.29, 0.717) is 18.1 Å². The molecule has 1 aliphatic rings. The molecule has 0 heterocycles. The van der Waals surface area contributed by atoms with E-state index >= 15 is 0 Å². The molecular weight excluding hydrogens is 221 g/mol. The molecule has 1 aliphatic carbocycles. The predicted molar refractivity (Wildman–Crippen MR) is 64.8 cm³/mol. The third-order valence-corrected chi connectivity index (χ3v) is 5.32. The molecule has 4 heteroatoms. The second-order valence-corrected chi connectivity index (χ2v) is 6.08. The first kappa shape index (κ1) is 13.0. The molecule has 0 aromatic heterocycles. The van der Waals surface area contributed by atoms with Gasteiger partial charge < -0.3 is 4.89 Å². The Morgan fingerprint density at radius 1 is 1.31 bits per heavy atom. The van der Waals surface area contributed by atoms with Gasteiger partial charge in [-0.1, -0.05) is 32.0 Å². The van der Waals surface area contributed by atoms with Gasteiger partial charge in [-0.3, -0.25) is 4.57 Å². The second kappa shape index (κ2) is 4.82. The van der Waals surface area contributed by atoms with Crippen molar-refractivity contribution in [2.75, 3.05) is 0 Å². The third kappa shape index (κ3) is 2.04. The molecule has 3 nitrogen and oxygen atoms in total. The van der Waals surface area contributed by atoms with Crippen molar-refractivity contribution in [2.24, 2.45) is 0 Å². The Morgan fingerprint density at radius 3 is 2.19 bits per heavy atom. The molecule has 0 amide bonds. The summed E-state index contributed by atoms with van der Waals surface area (Å²) in [7, 11) is -3.50. The van der Waals surface area contributed by atoms with E-state index in [1.807, 2.05) is 19.9 Å². The molecule has 1 fully saturated rings. The van der Waals surface area contributed by atoms with Gasteiger partial charge in [0, 0.05) is 5.30 Å². The number of hydrogen-bond acceptors (Lipinski definition) is 2. The normalized spacial score (nSPS) is 19.6. The molecule has 86 valence electrons. The van der Waals surface area contributed by atoms with E-state index in [9.17, 15) is 9.46 Å². The number of rotatable bonds is 2. The molecule has 1 aromatic rings. The summed E-state index contributed by atoms with van der Waals surface area (Å²) in [5.74, 6) is 0. The maximum atomic E-state index is 12.1. The van der Waals surface area contributed by atoms with Crippen LogP contribution >= 0.6 is 7.37 Å². The van der Waals surface area contributed by atoms with Crippen molar-refractivity contribution in [1.29, 1.82) is 5.26 Å². The molecule has 0 radical (unpaired) electrons. The summed E-state index contributed by atoms with van der Waals surface area (Å²) in [5.41, 5.74) is 0. The first-order valence-corrected chi connectivity index (χ1v) is 7.08. The number of hydrogen-bond donors (Lipinski definition) is 1. The van der Waals surface area contributed by atoms with Gasteiger partial charge in [-0.15, -0.1) is 0 Å². The van der Waals surface area contributed by atoms with Crippen molar-refractivity contribution >= 4 is 12.7 Å². The van der Waals surface area contributed by atoms with Crippen molar-refractivity contribution in [2.45, 2.75) is 31.8 Å². The zero-order chi connectivity index (χ0) is 12.2. The van der Waals surface area contributed by atoms with Gasteiger partial charge >= 0.3 is 0 Å². The lowest BCUT2D eigenvalue weighted by atomic mass is 10.4. The van der Waals surface area contributed by atoms with Gasteiger partial charge in [0.1, 0.15) is 5.16 Å². The van der Waals surface area contributed by atoms with Gasteiger partial charge in [-0.05, 0) is 25.0 Å². The fraction of sp³-hybridized carbons (Fsp3) is 0.417. The maximum Gasteiger partial charge on any atom is 0.249 e. The fourth-order valence-electron chi connectivity index (χ4n) is 1.48. The highest BCUT2D eigenvalue weighted by atomic mass is 31.2. The van der Waals surface area contributed by atoms with E-state index in [-0.39, 0.29) is 0 Å². The minimum absolute atomic E-state index is 0.388. The summed E-state index contributed by atoms with van der Waals surface area (Å²) in [6.45, 7) is 4.00. The van der Waals surface area contributed by atoms with Crippen molar-refractivity contribution < 1.29 is 9.46 Å². The van der Waals surface area contributed by atoms with Crippen LogP contribution in [0.2, 0.25) is 0 Å². The average Bonchev–Trinajstić information content (AvgIpc) is 3.14. The lowest BCUT2D eigenvalue weighted by Gasteiger charge is -2.15. The minimum atomic E-state index is -3.50. The van der Waals surface area contributed by atoms with Gasteiger partial charge in [0.2, 0.25) is 7.37 Å². The highest BCUT2D eigenvalue weighted by molar-refractivity contribution is 7.68. The Morgan fingerprint density at radius 2 is 1.81 bits per heavy atom. The second-order valence-electron chi connectivity index (χ2n) is 3.55. The Hall–Kier alpha value is -1.10. The summed E-state index contributed by atoms with van der Waals surface area (Å²) in [6, 6.07) is 10.4. The smallest absolute Gasteiger partial charge is 0.249 e. The van der Waals surface area contributed by atoms with E-state index in [0.717, 1.165) is 0 Å². The average molecular weight is 237 g/mol. The fourth-order valence-corrected chi connectivity index (χ4v) is 3.40. The summed E-state index contributed by atoms with van der Waals surface area (Å²) in [4.78, 5) is 9.91. The number of nitrogens with zero attached hydrogens (tertiary/aromatic N) is 1. The van der Waals surface area contributed by atoms with Crippen LogP contribution in [-0.4, -0.2) is 10.0 Å². The summed E-state index contributed by atoms with van der Waals surface area (Å²) in [6.07, 6.45) is 1.07. The van der Waals surface area contributed by atoms with Crippen LogP contribution in [0.4, 0.5) is 0 Å². The van der Waals surface area contributed by atoms with Gasteiger partial charge in [0.25, 0.3) is 0 Å². The van der Waals surface area contributed by atoms with Crippen molar-refractivity contribution in [3.8, 4) is 6.07 Å². The van der Waals surface area contributed by atoms with Crippen molar-refractivity contribution in [3.05, 3.63) is 30.3 Å².